The maximum Gasteiger partial charge on any atom is 0.124 e. The van der Waals surface area contributed by atoms with E-state index in [1.807, 2.05) is 4.68 Å². The number of nitrogen functional groups attached to an aromatic ring is 1. The first kappa shape index (κ1) is 14.2. The summed E-state index contributed by atoms with van der Waals surface area (Å²) in [4.78, 5) is 0. The smallest absolute Gasteiger partial charge is 0.124 e. The summed E-state index contributed by atoms with van der Waals surface area (Å²) in [7, 11) is 0. The van der Waals surface area contributed by atoms with Crippen molar-refractivity contribution in [3.8, 4) is 0 Å². The van der Waals surface area contributed by atoms with Gasteiger partial charge in [-0.3, -0.25) is 10.1 Å². The van der Waals surface area contributed by atoms with Gasteiger partial charge in [-0.25, -0.2) is 4.39 Å². The van der Waals surface area contributed by atoms with Crippen molar-refractivity contribution in [3.05, 3.63) is 52.6 Å². The number of halogens is 1. The lowest BCUT2D eigenvalue weighted by Gasteiger charge is -2.08. The van der Waals surface area contributed by atoms with Crippen molar-refractivity contribution in [1.82, 2.24) is 9.78 Å². The Morgan fingerprint density at radius 3 is 2.60 bits per heavy atom. The number of aromatic nitrogens is 2. The first-order valence-electron chi connectivity index (χ1n) is 6.73. The van der Waals surface area contributed by atoms with Gasteiger partial charge < -0.3 is 5.73 Å². The highest BCUT2D eigenvalue weighted by Gasteiger charge is 2.08. The van der Waals surface area contributed by atoms with Gasteiger partial charge in [0.15, 0.2) is 0 Å². The first-order chi connectivity index (χ1) is 9.53. The van der Waals surface area contributed by atoms with Crippen molar-refractivity contribution < 1.29 is 4.39 Å². The maximum absolute atomic E-state index is 13.6. The van der Waals surface area contributed by atoms with Crippen LogP contribution in [0.25, 0.3) is 0 Å². The molecule has 0 amide bonds. The molecular formula is C15H19FN4. The Labute approximate surface area is 117 Å². The number of aryl methyl sites for hydroxylation is 2. The van der Waals surface area contributed by atoms with Gasteiger partial charge in [0.1, 0.15) is 11.7 Å². The van der Waals surface area contributed by atoms with Gasteiger partial charge in [-0.1, -0.05) is 13.8 Å². The van der Waals surface area contributed by atoms with Crippen LogP contribution in [0, 0.1) is 11.2 Å². The van der Waals surface area contributed by atoms with Crippen molar-refractivity contribution >= 4 is 5.84 Å². The van der Waals surface area contributed by atoms with Gasteiger partial charge in [0, 0.05) is 11.3 Å². The van der Waals surface area contributed by atoms with Crippen LogP contribution in [0.5, 0.6) is 0 Å². The van der Waals surface area contributed by atoms with Crippen LogP contribution in [-0.4, -0.2) is 15.6 Å². The van der Waals surface area contributed by atoms with Crippen LogP contribution in [0.1, 0.15) is 36.4 Å². The predicted octanol–water partition coefficient (Wildman–Crippen LogP) is 2.48. The van der Waals surface area contributed by atoms with Gasteiger partial charge in [-0.05, 0) is 42.7 Å². The third-order valence-electron chi connectivity index (χ3n) is 3.24. The molecule has 0 fully saturated rings. The highest BCUT2D eigenvalue weighted by Crippen LogP contribution is 2.13. The zero-order valence-corrected chi connectivity index (χ0v) is 11.8. The van der Waals surface area contributed by atoms with Crippen LogP contribution in [0.3, 0.4) is 0 Å². The molecule has 0 atom stereocenters. The summed E-state index contributed by atoms with van der Waals surface area (Å²) < 4.78 is 15.4. The molecule has 0 unspecified atom stereocenters. The van der Waals surface area contributed by atoms with Crippen molar-refractivity contribution in [2.45, 2.75) is 33.2 Å². The predicted molar refractivity (Wildman–Crippen MR) is 77.5 cm³/mol. The number of nitrogens with one attached hydrogen (secondary N) is 1. The zero-order chi connectivity index (χ0) is 14.7. The number of nitrogens with zero attached hydrogens (tertiary/aromatic N) is 2. The molecule has 0 aliphatic carbocycles. The molecule has 3 N–H and O–H groups in total. The molecule has 1 aromatic heterocycles. The van der Waals surface area contributed by atoms with Crippen molar-refractivity contribution in [2.24, 2.45) is 5.73 Å². The molecule has 4 nitrogen and oxygen atoms in total. The molecule has 106 valence electrons. The summed E-state index contributed by atoms with van der Waals surface area (Å²) in [5, 5.41) is 11.9. The molecule has 2 rings (SSSR count). The normalized spacial score (nSPS) is 10.8. The van der Waals surface area contributed by atoms with E-state index in [-0.39, 0.29) is 11.7 Å². The molecule has 0 saturated heterocycles. The second-order valence-electron chi connectivity index (χ2n) is 4.75. The standard InChI is InChI=1S/C15H19FN4/c1-3-13-8-14(4-2)20(19-13)9-10-5-11(15(17)18)7-12(16)6-10/h5-8H,3-4,9H2,1-2H3,(H3,17,18). The molecule has 1 heterocycles. The molecule has 0 aliphatic heterocycles. The summed E-state index contributed by atoms with van der Waals surface area (Å²) in [5.41, 5.74) is 8.74. The molecule has 0 spiro atoms. The summed E-state index contributed by atoms with van der Waals surface area (Å²) >= 11 is 0. The Bertz CT molecular complexity index is 631. The van der Waals surface area contributed by atoms with E-state index >= 15 is 0 Å². The minimum atomic E-state index is -0.381. The molecule has 0 aliphatic rings. The number of rotatable bonds is 5. The topological polar surface area (TPSA) is 67.7 Å². The first-order valence-corrected chi connectivity index (χ1v) is 6.73. The minimum Gasteiger partial charge on any atom is -0.384 e. The largest absolute Gasteiger partial charge is 0.384 e. The van der Waals surface area contributed by atoms with E-state index in [1.165, 1.54) is 12.1 Å². The van der Waals surface area contributed by atoms with Crippen LogP contribution in [0.2, 0.25) is 0 Å². The van der Waals surface area contributed by atoms with Gasteiger partial charge in [0.25, 0.3) is 0 Å². The van der Waals surface area contributed by atoms with Crippen molar-refractivity contribution in [3.63, 3.8) is 0 Å². The summed E-state index contributed by atoms with van der Waals surface area (Å²) in [5.74, 6) is -0.509. The highest BCUT2D eigenvalue weighted by atomic mass is 19.1. The van der Waals surface area contributed by atoms with E-state index in [0.29, 0.717) is 12.1 Å². The lowest BCUT2D eigenvalue weighted by molar-refractivity contribution is 0.611. The van der Waals surface area contributed by atoms with Crippen molar-refractivity contribution in [2.75, 3.05) is 0 Å². The van der Waals surface area contributed by atoms with Crippen LogP contribution >= 0.6 is 0 Å². The van der Waals surface area contributed by atoms with E-state index in [2.05, 4.69) is 25.0 Å². The number of hydrogen-bond acceptors (Lipinski definition) is 2. The van der Waals surface area contributed by atoms with Gasteiger partial charge in [0.2, 0.25) is 0 Å². The Morgan fingerprint density at radius 2 is 2.00 bits per heavy atom. The van der Waals surface area contributed by atoms with Crippen LogP contribution in [0.4, 0.5) is 4.39 Å². The Kier molecular flexibility index (Phi) is 4.17. The molecule has 0 radical (unpaired) electrons. The summed E-state index contributed by atoms with van der Waals surface area (Å²) in [6.07, 6.45) is 1.75. The monoisotopic (exact) mass is 274 g/mol. The van der Waals surface area contributed by atoms with Gasteiger partial charge in [-0.15, -0.1) is 0 Å². The lowest BCUT2D eigenvalue weighted by Crippen LogP contribution is -2.13. The second-order valence-corrected chi connectivity index (χ2v) is 4.75. The fourth-order valence-electron chi connectivity index (χ4n) is 2.18. The Morgan fingerprint density at radius 1 is 1.25 bits per heavy atom. The molecule has 0 saturated carbocycles. The summed E-state index contributed by atoms with van der Waals surface area (Å²) in [6.45, 7) is 4.61. The molecule has 2 aromatic rings. The average Bonchev–Trinajstić information content (AvgIpc) is 2.80. The Balaban J connectivity index is 2.34. The van der Waals surface area contributed by atoms with Gasteiger partial charge >= 0.3 is 0 Å². The maximum atomic E-state index is 13.6. The third-order valence-corrected chi connectivity index (χ3v) is 3.24. The van der Waals surface area contributed by atoms with Crippen LogP contribution in [0.15, 0.2) is 24.3 Å². The fraction of sp³-hybridized carbons (Fsp3) is 0.333. The van der Waals surface area contributed by atoms with Gasteiger partial charge in [0.05, 0.1) is 12.2 Å². The van der Waals surface area contributed by atoms with Crippen LogP contribution in [-0.2, 0) is 19.4 Å². The van der Waals surface area contributed by atoms with E-state index < -0.39 is 0 Å². The number of nitrogens with two attached hydrogens (primary N) is 1. The average molecular weight is 274 g/mol. The second kappa shape index (κ2) is 5.86. The van der Waals surface area contributed by atoms with E-state index in [9.17, 15) is 4.39 Å². The number of amidine groups is 1. The minimum absolute atomic E-state index is 0.129. The van der Waals surface area contributed by atoms with E-state index in [4.69, 9.17) is 11.1 Å². The quantitative estimate of drug-likeness (QED) is 0.649. The molecular weight excluding hydrogens is 255 g/mol. The molecule has 5 heteroatoms. The van der Waals surface area contributed by atoms with Crippen molar-refractivity contribution in [1.29, 1.82) is 5.41 Å². The SMILES string of the molecule is CCc1cc(CC)n(Cc2cc(F)cc(C(=N)N)c2)n1. The lowest BCUT2D eigenvalue weighted by atomic mass is 10.1. The molecule has 1 aromatic carbocycles. The van der Waals surface area contributed by atoms with E-state index in [0.717, 1.165) is 29.8 Å². The van der Waals surface area contributed by atoms with Gasteiger partial charge in [-0.2, -0.15) is 5.10 Å². The summed E-state index contributed by atoms with van der Waals surface area (Å²) in [6, 6.07) is 6.54. The Hall–Kier alpha value is -2.17. The van der Waals surface area contributed by atoms with E-state index in [1.54, 1.807) is 6.07 Å². The highest BCUT2D eigenvalue weighted by molar-refractivity contribution is 5.95. The fourth-order valence-corrected chi connectivity index (χ4v) is 2.18. The third kappa shape index (κ3) is 3.04. The molecule has 20 heavy (non-hydrogen) atoms. The number of hydrogen-bond donors (Lipinski definition) is 2. The number of benzene rings is 1. The zero-order valence-electron chi connectivity index (χ0n) is 11.8. The van der Waals surface area contributed by atoms with Crippen LogP contribution < -0.4 is 5.73 Å². The molecule has 0 bridgehead atoms.